The normalized spacial score (nSPS) is 12.5. The Balaban J connectivity index is 2.70. The zero-order valence-electron chi connectivity index (χ0n) is 15.4. The minimum Gasteiger partial charge on any atom is -0.493 e. The second-order valence-electron chi connectivity index (χ2n) is 5.24. The lowest BCUT2D eigenvalue weighted by Gasteiger charge is -2.18. The van der Waals surface area contributed by atoms with E-state index in [9.17, 15) is 0 Å². The lowest BCUT2D eigenvalue weighted by Crippen LogP contribution is -2.44. The van der Waals surface area contributed by atoms with Gasteiger partial charge in [-0.25, -0.2) is 0 Å². The van der Waals surface area contributed by atoms with Crippen LogP contribution in [-0.2, 0) is 11.2 Å². The Morgan fingerprint density at radius 1 is 1.08 bits per heavy atom. The first-order valence-corrected chi connectivity index (χ1v) is 7.85. The molecular weight excluding hydrogens is 310 g/mol. The number of rotatable bonds is 9. The van der Waals surface area contributed by atoms with Gasteiger partial charge in [0.15, 0.2) is 17.5 Å². The zero-order valence-corrected chi connectivity index (χ0v) is 15.4. The Hall–Kier alpha value is -2.15. The summed E-state index contributed by atoms with van der Waals surface area (Å²) in [4.78, 5) is 4.21. The van der Waals surface area contributed by atoms with Gasteiger partial charge in [-0.15, -0.1) is 0 Å². The Bertz CT molecular complexity index is 535. The average molecular weight is 339 g/mol. The molecule has 1 atom stereocenters. The predicted octanol–water partition coefficient (Wildman–Crippen LogP) is 1.45. The number of nitrogens with one attached hydrogen (secondary N) is 2. The highest BCUT2D eigenvalue weighted by molar-refractivity contribution is 5.79. The maximum Gasteiger partial charge on any atom is 0.203 e. The summed E-state index contributed by atoms with van der Waals surface area (Å²) in [6.07, 6.45) is 0.753. The maximum atomic E-state index is 5.50. The quantitative estimate of drug-likeness (QED) is 0.524. The molecular formula is C17H29N3O4. The molecule has 0 saturated carbocycles. The van der Waals surface area contributed by atoms with Crippen molar-refractivity contribution in [3.05, 3.63) is 17.7 Å². The van der Waals surface area contributed by atoms with Crippen molar-refractivity contribution < 1.29 is 18.9 Å². The summed E-state index contributed by atoms with van der Waals surface area (Å²) in [7, 11) is 8.26. The average Bonchev–Trinajstić information content (AvgIpc) is 2.60. The van der Waals surface area contributed by atoms with Crippen molar-refractivity contribution in [1.29, 1.82) is 0 Å². The SMILES string of the molecule is CN=C(NCCc1ccc(OC)c(OC)c1OC)NC(C)COC. The number of methoxy groups -OCH3 is 4. The smallest absolute Gasteiger partial charge is 0.203 e. The summed E-state index contributed by atoms with van der Waals surface area (Å²) in [6.45, 7) is 3.35. The van der Waals surface area contributed by atoms with Crippen LogP contribution in [-0.4, -0.2) is 60.6 Å². The van der Waals surface area contributed by atoms with Crippen LogP contribution in [0.2, 0.25) is 0 Å². The van der Waals surface area contributed by atoms with Gasteiger partial charge >= 0.3 is 0 Å². The van der Waals surface area contributed by atoms with E-state index in [-0.39, 0.29) is 6.04 Å². The van der Waals surface area contributed by atoms with Crippen molar-refractivity contribution in [3.63, 3.8) is 0 Å². The van der Waals surface area contributed by atoms with E-state index in [1.807, 2.05) is 19.1 Å². The van der Waals surface area contributed by atoms with E-state index in [1.54, 1.807) is 35.5 Å². The van der Waals surface area contributed by atoms with E-state index in [0.29, 0.717) is 30.4 Å². The standard InChI is InChI=1S/C17H29N3O4/c1-12(11-21-3)20-17(18-2)19-10-9-13-7-8-14(22-4)16(24-6)15(13)23-5/h7-8,12H,9-11H2,1-6H3,(H2,18,19,20). The van der Waals surface area contributed by atoms with Gasteiger partial charge in [0.05, 0.1) is 27.9 Å². The summed E-state index contributed by atoms with van der Waals surface area (Å²) in [5.74, 6) is 2.68. The van der Waals surface area contributed by atoms with E-state index in [4.69, 9.17) is 18.9 Å². The molecule has 1 unspecified atom stereocenters. The summed E-state index contributed by atoms with van der Waals surface area (Å²) in [6, 6.07) is 4.03. The largest absolute Gasteiger partial charge is 0.493 e. The zero-order chi connectivity index (χ0) is 17.9. The molecule has 0 aliphatic carbocycles. The first kappa shape index (κ1) is 19.9. The van der Waals surface area contributed by atoms with E-state index >= 15 is 0 Å². The topological polar surface area (TPSA) is 73.3 Å². The molecule has 0 amide bonds. The van der Waals surface area contributed by atoms with Gasteiger partial charge in [-0.05, 0) is 19.4 Å². The van der Waals surface area contributed by atoms with Crippen LogP contribution >= 0.6 is 0 Å². The van der Waals surface area contributed by atoms with Crippen LogP contribution < -0.4 is 24.8 Å². The van der Waals surface area contributed by atoms with Crippen molar-refractivity contribution in [2.45, 2.75) is 19.4 Å². The predicted molar refractivity (Wildman–Crippen MR) is 95.6 cm³/mol. The Morgan fingerprint density at radius 2 is 1.79 bits per heavy atom. The number of nitrogens with zero attached hydrogens (tertiary/aromatic N) is 1. The third-order valence-corrected chi connectivity index (χ3v) is 3.50. The molecule has 2 N–H and O–H groups in total. The number of aliphatic imine (C=N–C) groups is 1. The van der Waals surface area contributed by atoms with Crippen LogP contribution in [0.15, 0.2) is 17.1 Å². The first-order chi connectivity index (χ1) is 11.6. The highest BCUT2D eigenvalue weighted by Gasteiger charge is 2.15. The van der Waals surface area contributed by atoms with E-state index in [2.05, 4.69) is 15.6 Å². The van der Waals surface area contributed by atoms with Gasteiger partial charge in [-0.1, -0.05) is 6.07 Å². The molecule has 0 bridgehead atoms. The molecule has 7 nitrogen and oxygen atoms in total. The lowest BCUT2D eigenvalue weighted by atomic mass is 10.1. The van der Waals surface area contributed by atoms with Crippen molar-refractivity contribution in [1.82, 2.24) is 10.6 Å². The second kappa shape index (κ2) is 10.6. The number of ether oxygens (including phenoxy) is 4. The Labute approximate surface area is 144 Å². The van der Waals surface area contributed by atoms with Crippen molar-refractivity contribution >= 4 is 5.96 Å². The monoisotopic (exact) mass is 339 g/mol. The summed E-state index contributed by atoms with van der Waals surface area (Å²) in [5, 5.41) is 6.54. The fourth-order valence-corrected chi connectivity index (χ4v) is 2.40. The number of guanidine groups is 1. The van der Waals surface area contributed by atoms with E-state index in [0.717, 1.165) is 17.9 Å². The molecule has 1 rings (SSSR count). The summed E-state index contributed by atoms with van der Waals surface area (Å²) >= 11 is 0. The molecule has 0 radical (unpaired) electrons. The van der Waals surface area contributed by atoms with Gasteiger partial charge in [0.2, 0.25) is 5.75 Å². The Morgan fingerprint density at radius 3 is 2.33 bits per heavy atom. The summed E-state index contributed by atoms with van der Waals surface area (Å²) < 4.78 is 21.3. The molecule has 0 saturated heterocycles. The third-order valence-electron chi connectivity index (χ3n) is 3.50. The number of benzene rings is 1. The van der Waals surface area contributed by atoms with Gasteiger partial charge in [-0.3, -0.25) is 4.99 Å². The van der Waals surface area contributed by atoms with Crippen LogP contribution in [0.4, 0.5) is 0 Å². The second-order valence-corrected chi connectivity index (χ2v) is 5.24. The molecule has 1 aromatic carbocycles. The van der Waals surface area contributed by atoms with E-state index < -0.39 is 0 Å². The number of hydrogen-bond acceptors (Lipinski definition) is 5. The number of hydrogen-bond donors (Lipinski definition) is 2. The van der Waals surface area contributed by atoms with Gasteiger partial charge in [-0.2, -0.15) is 0 Å². The van der Waals surface area contributed by atoms with Gasteiger partial charge in [0.25, 0.3) is 0 Å². The lowest BCUT2D eigenvalue weighted by molar-refractivity contribution is 0.179. The fraction of sp³-hybridized carbons (Fsp3) is 0.588. The molecule has 0 aromatic heterocycles. The molecule has 7 heteroatoms. The highest BCUT2D eigenvalue weighted by Crippen LogP contribution is 2.39. The van der Waals surface area contributed by atoms with Crippen molar-refractivity contribution in [2.24, 2.45) is 4.99 Å². The molecule has 24 heavy (non-hydrogen) atoms. The maximum absolute atomic E-state index is 5.50. The molecule has 136 valence electrons. The van der Waals surface area contributed by atoms with Crippen LogP contribution in [0, 0.1) is 0 Å². The molecule has 0 heterocycles. The van der Waals surface area contributed by atoms with Crippen LogP contribution in [0.25, 0.3) is 0 Å². The van der Waals surface area contributed by atoms with Crippen LogP contribution in [0.3, 0.4) is 0 Å². The molecule has 1 aromatic rings. The molecule has 0 fully saturated rings. The minimum atomic E-state index is 0.178. The highest BCUT2D eigenvalue weighted by atomic mass is 16.5. The van der Waals surface area contributed by atoms with Gasteiger partial charge in [0.1, 0.15) is 0 Å². The van der Waals surface area contributed by atoms with Gasteiger partial charge in [0, 0.05) is 32.3 Å². The van der Waals surface area contributed by atoms with Crippen LogP contribution in [0.5, 0.6) is 17.2 Å². The van der Waals surface area contributed by atoms with E-state index in [1.165, 1.54) is 0 Å². The van der Waals surface area contributed by atoms with Crippen molar-refractivity contribution in [3.8, 4) is 17.2 Å². The minimum absolute atomic E-state index is 0.178. The fourth-order valence-electron chi connectivity index (χ4n) is 2.40. The van der Waals surface area contributed by atoms with Crippen molar-refractivity contribution in [2.75, 3.05) is 48.6 Å². The van der Waals surface area contributed by atoms with Gasteiger partial charge < -0.3 is 29.6 Å². The Kier molecular flexibility index (Phi) is 8.78. The first-order valence-electron chi connectivity index (χ1n) is 7.85. The van der Waals surface area contributed by atoms with Crippen LogP contribution in [0.1, 0.15) is 12.5 Å². The molecule has 0 aliphatic rings. The summed E-state index contributed by atoms with van der Waals surface area (Å²) in [5.41, 5.74) is 1.03. The molecule has 0 spiro atoms. The third kappa shape index (κ3) is 5.49. The molecule has 0 aliphatic heterocycles.